The Morgan fingerprint density at radius 3 is 0.233 bits per heavy atom. The Hall–Kier alpha value is -0.899. The molecule has 0 heterocycles. The molecule has 0 spiro atoms. The van der Waals surface area contributed by atoms with Crippen molar-refractivity contribution in [3.8, 4) is 0 Å². The van der Waals surface area contributed by atoms with E-state index < -0.39 is 0 Å². The molecule has 0 saturated heterocycles. The molecule has 0 atom stereocenters. The van der Waals surface area contributed by atoms with E-state index in [0.29, 0.717) is 0 Å². The molecule has 0 aliphatic rings. The van der Waals surface area contributed by atoms with Gasteiger partial charge in [-0.15, -0.1) is 78.9 Å². The van der Waals surface area contributed by atoms with Crippen molar-refractivity contribution >= 4 is 0 Å². The molecule has 0 N–H and O–H groups in total. The van der Waals surface area contributed by atoms with Gasteiger partial charge in [0.2, 0.25) is 0 Å². The van der Waals surface area contributed by atoms with Crippen LogP contribution >= 0.6 is 0 Å². The molecule has 0 aromatic rings. The zero-order valence-corrected chi connectivity index (χ0v) is 46.7. The molecule has 0 unspecified atom stereocenters. The first-order chi connectivity index (χ1) is 23.5. The molecule has 0 aromatic carbocycles. The number of hydrogen-bond acceptors (Lipinski definition) is 0. The normalized spacial score (nSPS) is 6.80. The fraction of sp³-hybridized carbons (Fsp3) is 0.421. The summed E-state index contributed by atoms with van der Waals surface area (Å²) in [7, 11) is 0. The van der Waals surface area contributed by atoms with E-state index in [9.17, 15) is 0 Å². The van der Waals surface area contributed by atoms with E-state index in [4.69, 9.17) is 0 Å². The van der Waals surface area contributed by atoms with Crippen LogP contribution in [0, 0.1) is 66.8 Å². The molecule has 0 saturated carbocycles. The fourth-order valence-electron chi connectivity index (χ4n) is 3.46. The standard InChI is InChI=1S/6C8H14.9CH3.3Ag/c6*1-3-5-7-8-6-4-2;;;;;;;;;;;;/h6*3-4H,1-2,5-8H2;9*1H3;;;/q;;;;;;9*-1;3*+1. The summed E-state index contributed by atoms with van der Waals surface area (Å²) >= 11 is 0. The maximum Gasteiger partial charge on any atom is 1.00 e. The Morgan fingerprint density at radius 2 is 0.200 bits per heavy atom. The van der Waals surface area contributed by atoms with Gasteiger partial charge in [-0.25, -0.2) is 0 Å². The zero-order chi connectivity index (χ0) is 37.5. The van der Waals surface area contributed by atoms with Crippen molar-refractivity contribution in [2.45, 2.75) is 154 Å². The molecule has 0 radical (unpaired) electrons. The molecule has 0 rings (SSSR count). The first-order valence-corrected chi connectivity index (χ1v) is 18.8. The van der Waals surface area contributed by atoms with E-state index in [0.717, 1.165) is 77.0 Å². The molecule has 0 amide bonds. The van der Waals surface area contributed by atoms with E-state index in [1.807, 2.05) is 72.9 Å². The van der Waals surface area contributed by atoms with Gasteiger partial charge in [0.25, 0.3) is 0 Å². The van der Waals surface area contributed by atoms with Crippen LogP contribution in [0.5, 0.6) is 0 Å². The fourth-order valence-corrected chi connectivity index (χ4v) is 3.46. The summed E-state index contributed by atoms with van der Waals surface area (Å²) in [4.78, 5) is 0. The van der Waals surface area contributed by atoms with E-state index in [1.54, 1.807) is 0 Å². The summed E-state index contributed by atoms with van der Waals surface area (Å²) in [6.45, 7) is 43.6. The van der Waals surface area contributed by atoms with Crippen LogP contribution in [-0.2, 0) is 67.1 Å². The smallest absolute Gasteiger partial charge is 0.358 e. The predicted octanol–water partition coefficient (Wildman–Crippen LogP) is 21.6. The quantitative estimate of drug-likeness (QED) is 0.0291. The Morgan fingerprint density at radius 1 is 0.150 bits per heavy atom. The Bertz CT molecular complexity index is 487. The van der Waals surface area contributed by atoms with Crippen LogP contribution in [0.2, 0.25) is 0 Å². The number of rotatable bonds is 30. The third kappa shape index (κ3) is 212. The molecule has 0 bridgehead atoms. The average Bonchev–Trinajstić information content (AvgIpc) is 3.11. The van der Waals surface area contributed by atoms with E-state index in [1.165, 1.54) is 77.0 Å². The van der Waals surface area contributed by atoms with Crippen molar-refractivity contribution < 1.29 is 67.1 Å². The Kier molecular flexibility index (Phi) is 303. The van der Waals surface area contributed by atoms with Crippen molar-refractivity contribution in [1.29, 1.82) is 0 Å². The monoisotopic (exact) mass is 1120 g/mol. The molecule has 0 nitrogen and oxygen atoms in total. The van der Waals surface area contributed by atoms with Crippen LogP contribution in [0.3, 0.4) is 0 Å². The van der Waals surface area contributed by atoms with Gasteiger partial charge in [0.15, 0.2) is 0 Å². The Labute approximate surface area is 436 Å². The average molecular weight is 1120 g/mol. The summed E-state index contributed by atoms with van der Waals surface area (Å²) in [6.07, 6.45) is 52.4. The van der Waals surface area contributed by atoms with Crippen LogP contribution < -0.4 is 0 Å². The van der Waals surface area contributed by atoms with Gasteiger partial charge >= 0.3 is 67.1 Å². The van der Waals surface area contributed by atoms with Gasteiger partial charge in [-0.2, -0.15) is 0 Å². The number of allylic oxidation sites excluding steroid dienone is 12. The van der Waals surface area contributed by atoms with Crippen molar-refractivity contribution in [2.75, 3.05) is 0 Å². The largest absolute Gasteiger partial charge is 1.00 e. The van der Waals surface area contributed by atoms with Crippen molar-refractivity contribution in [1.82, 2.24) is 0 Å². The first-order valence-electron chi connectivity index (χ1n) is 18.8. The SMILES string of the molecule is C=CCCCCC=C.C=CCCCCC=C.C=CCCCCC=C.C=CCCCCC=C.C=CCCCCC=C.C=CCCCCC=C.[Ag+].[Ag+].[Ag+].[CH3-].[CH3-].[CH3-].[CH3-].[CH3-].[CH3-].[CH3-].[CH3-].[CH3-]. The zero-order valence-electron chi connectivity index (χ0n) is 42.3. The third-order valence-corrected chi connectivity index (χ3v) is 6.40. The molecule has 0 aliphatic carbocycles. The van der Waals surface area contributed by atoms with Gasteiger partial charge < -0.3 is 66.8 Å². The topological polar surface area (TPSA) is 0 Å². The van der Waals surface area contributed by atoms with Crippen LogP contribution in [0.15, 0.2) is 152 Å². The van der Waals surface area contributed by atoms with Crippen LogP contribution in [0.25, 0.3) is 0 Å². The van der Waals surface area contributed by atoms with E-state index in [-0.39, 0.29) is 134 Å². The second kappa shape index (κ2) is 154. The van der Waals surface area contributed by atoms with E-state index >= 15 is 0 Å². The maximum atomic E-state index is 3.63. The molecule has 0 aliphatic heterocycles. The minimum Gasteiger partial charge on any atom is -0.358 e. The van der Waals surface area contributed by atoms with Crippen LogP contribution in [0.4, 0.5) is 0 Å². The van der Waals surface area contributed by atoms with E-state index in [2.05, 4.69) is 78.9 Å². The maximum absolute atomic E-state index is 3.63. The minimum absolute atomic E-state index is 0. The van der Waals surface area contributed by atoms with Crippen molar-refractivity contribution in [3.05, 3.63) is 219 Å². The second-order valence-electron chi connectivity index (χ2n) is 11.2. The van der Waals surface area contributed by atoms with Gasteiger partial charge in [0.1, 0.15) is 0 Å². The summed E-state index contributed by atoms with van der Waals surface area (Å²) in [5.41, 5.74) is 0. The minimum atomic E-state index is 0. The van der Waals surface area contributed by atoms with Crippen LogP contribution in [-0.4, -0.2) is 0 Å². The summed E-state index contributed by atoms with van der Waals surface area (Å²) in [5, 5.41) is 0. The summed E-state index contributed by atoms with van der Waals surface area (Å²) in [5.74, 6) is 0. The molecule has 60 heavy (non-hydrogen) atoms. The molecule has 0 fully saturated rings. The molecule has 3 heteroatoms. The first kappa shape index (κ1) is 118. The molecular weight excluding hydrogens is 1010 g/mol. The molecular formula is C57H111Ag3-6. The van der Waals surface area contributed by atoms with Gasteiger partial charge in [-0.1, -0.05) is 72.9 Å². The van der Waals surface area contributed by atoms with Gasteiger partial charge in [-0.05, 0) is 154 Å². The summed E-state index contributed by atoms with van der Waals surface area (Å²) < 4.78 is 0. The van der Waals surface area contributed by atoms with Gasteiger partial charge in [0, 0.05) is 0 Å². The van der Waals surface area contributed by atoms with Crippen molar-refractivity contribution in [3.63, 3.8) is 0 Å². The van der Waals surface area contributed by atoms with Gasteiger partial charge in [0.05, 0.1) is 0 Å². The predicted molar refractivity (Wildman–Crippen MR) is 291 cm³/mol. The van der Waals surface area contributed by atoms with Gasteiger partial charge in [-0.3, -0.25) is 0 Å². The molecule has 378 valence electrons. The number of hydrogen-bond donors (Lipinski definition) is 0. The third-order valence-electron chi connectivity index (χ3n) is 6.40. The summed E-state index contributed by atoms with van der Waals surface area (Å²) in [6, 6.07) is 0. The Balaban J connectivity index is -0.0000000212. The number of unbranched alkanes of at least 4 members (excludes halogenated alkanes) is 18. The molecule has 0 aromatic heterocycles. The van der Waals surface area contributed by atoms with Crippen LogP contribution in [0.1, 0.15) is 154 Å². The van der Waals surface area contributed by atoms with Crippen molar-refractivity contribution in [2.24, 2.45) is 0 Å². The second-order valence-corrected chi connectivity index (χ2v) is 11.2.